The van der Waals surface area contributed by atoms with Gasteiger partial charge in [-0.1, -0.05) is 0 Å². The molecule has 4 nitrogen and oxygen atoms in total. The van der Waals surface area contributed by atoms with E-state index < -0.39 is 0 Å². The highest BCUT2D eigenvalue weighted by Gasteiger charge is 2.32. The molecule has 0 saturated carbocycles. The molecule has 1 N–H and O–H groups in total. The van der Waals surface area contributed by atoms with E-state index in [2.05, 4.69) is 10.3 Å². The number of hydrogen-bond donors (Lipinski definition) is 1. The van der Waals surface area contributed by atoms with E-state index >= 15 is 0 Å². The maximum absolute atomic E-state index is 12.0. The SMILES string of the molecule is CC1(C)C[C@@H](C(=O)Nc2nccs2)CCO1. The van der Waals surface area contributed by atoms with E-state index in [0.29, 0.717) is 11.7 Å². The van der Waals surface area contributed by atoms with Gasteiger partial charge in [0.05, 0.1) is 5.60 Å². The number of thiazole rings is 1. The molecule has 0 unspecified atom stereocenters. The Morgan fingerprint density at radius 3 is 3.12 bits per heavy atom. The predicted octanol–water partition coefficient (Wildman–Crippen LogP) is 2.29. The van der Waals surface area contributed by atoms with Gasteiger partial charge in [0.15, 0.2) is 5.13 Å². The number of aromatic nitrogens is 1. The molecule has 1 fully saturated rings. The molecule has 2 rings (SSSR count). The second-order valence-corrected chi connectivity index (χ2v) is 5.52. The molecule has 2 heterocycles. The summed E-state index contributed by atoms with van der Waals surface area (Å²) in [5.41, 5.74) is -0.191. The largest absolute Gasteiger partial charge is 0.376 e. The molecule has 1 saturated heterocycles. The van der Waals surface area contributed by atoms with Crippen molar-refractivity contribution < 1.29 is 9.53 Å². The van der Waals surface area contributed by atoms with Crippen LogP contribution in [0, 0.1) is 5.92 Å². The molecular weight excluding hydrogens is 224 g/mol. The second kappa shape index (κ2) is 4.51. The van der Waals surface area contributed by atoms with Crippen molar-refractivity contribution in [3.63, 3.8) is 0 Å². The van der Waals surface area contributed by atoms with Gasteiger partial charge < -0.3 is 10.1 Å². The van der Waals surface area contributed by atoms with Crippen molar-refractivity contribution in [2.45, 2.75) is 32.3 Å². The highest BCUT2D eigenvalue weighted by atomic mass is 32.1. The fourth-order valence-electron chi connectivity index (χ4n) is 1.95. The average Bonchev–Trinajstić information content (AvgIpc) is 2.69. The van der Waals surface area contributed by atoms with Gasteiger partial charge >= 0.3 is 0 Å². The molecule has 1 atom stereocenters. The molecule has 16 heavy (non-hydrogen) atoms. The summed E-state index contributed by atoms with van der Waals surface area (Å²) in [5, 5.41) is 5.37. The smallest absolute Gasteiger partial charge is 0.229 e. The van der Waals surface area contributed by atoms with Gasteiger partial charge in [0.2, 0.25) is 5.91 Å². The molecule has 0 aromatic carbocycles. The molecule has 1 aromatic rings. The van der Waals surface area contributed by atoms with Gasteiger partial charge in [0, 0.05) is 24.1 Å². The van der Waals surface area contributed by atoms with Crippen LogP contribution in [0.15, 0.2) is 11.6 Å². The lowest BCUT2D eigenvalue weighted by Crippen LogP contribution is -2.39. The Labute approximate surface area is 99.0 Å². The standard InChI is InChI=1S/C11H16N2O2S/c1-11(2)7-8(3-5-15-11)9(14)13-10-12-4-6-16-10/h4,6,8H,3,5,7H2,1-2H3,(H,12,13,14)/t8-/m0/s1. The Morgan fingerprint density at radius 2 is 2.50 bits per heavy atom. The van der Waals surface area contributed by atoms with Crippen LogP contribution < -0.4 is 5.32 Å². The van der Waals surface area contributed by atoms with Crippen LogP contribution in [0.5, 0.6) is 0 Å². The lowest BCUT2D eigenvalue weighted by Gasteiger charge is -2.34. The zero-order chi connectivity index (χ0) is 11.6. The van der Waals surface area contributed by atoms with Gasteiger partial charge in [-0.25, -0.2) is 4.98 Å². The molecule has 0 bridgehead atoms. The fourth-order valence-corrected chi connectivity index (χ4v) is 2.48. The van der Waals surface area contributed by atoms with Crippen LogP contribution in [0.2, 0.25) is 0 Å². The molecule has 1 aliphatic rings. The Bertz CT molecular complexity index is 362. The van der Waals surface area contributed by atoms with Crippen molar-refractivity contribution >= 4 is 22.4 Å². The number of anilines is 1. The summed E-state index contributed by atoms with van der Waals surface area (Å²) in [6.07, 6.45) is 3.25. The van der Waals surface area contributed by atoms with Crippen LogP contribution in [-0.2, 0) is 9.53 Å². The molecule has 1 aliphatic heterocycles. The van der Waals surface area contributed by atoms with Gasteiger partial charge in [0.25, 0.3) is 0 Å². The summed E-state index contributed by atoms with van der Waals surface area (Å²) in [6.45, 7) is 4.70. The van der Waals surface area contributed by atoms with Crippen LogP contribution in [-0.4, -0.2) is 23.1 Å². The fraction of sp³-hybridized carbons (Fsp3) is 0.636. The Balaban J connectivity index is 1.94. The van der Waals surface area contributed by atoms with Crippen LogP contribution in [0.25, 0.3) is 0 Å². The normalized spacial score (nSPS) is 24.0. The van der Waals surface area contributed by atoms with E-state index in [-0.39, 0.29) is 17.4 Å². The van der Waals surface area contributed by atoms with Gasteiger partial charge in [-0.05, 0) is 26.7 Å². The monoisotopic (exact) mass is 240 g/mol. The zero-order valence-corrected chi connectivity index (χ0v) is 10.3. The molecule has 88 valence electrons. The number of rotatable bonds is 2. The van der Waals surface area contributed by atoms with Crippen LogP contribution in [0.1, 0.15) is 26.7 Å². The average molecular weight is 240 g/mol. The minimum atomic E-state index is -0.191. The summed E-state index contributed by atoms with van der Waals surface area (Å²) in [4.78, 5) is 16.0. The molecule has 0 aliphatic carbocycles. The van der Waals surface area contributed by atoms with Crippen molar-refractivity contribution in [1.82, 2.24) is 4.98 Å². The van der Waals surface area contributed by atoms with Gasteiger partial charge in [0.1, 0.15) is 0 Å². The van der Waals surface area contributed by atoms with Gasteiger partial charge in [-0.15, -0.1) is 11.3 Å². The highest BCUT2D eigenvalue weighted by Crippen LogP contribution is 2.29. The number of nitrogens with zero attached hydrogens (tertiary/aromatic N) is 1. The number of hydrogen-bond acceptors (Lipinski definition) is 4. The van der Waals surface area contributed by atoms with Crippen LogP contribution in [0.3, 0.4) is 0 Å². The van der Waals surface area contributed by atoms with E-state index in [1.54, 1.807) is 6.20 Å². The molecular formula is C11H16N2O2S. The molecule has 0 radical (unpaired) electrons. The second-order valence-electron chi connectivity index (χ2n) is 4.62. The first-order chi connectivity index (χ1) is 7.57. The predicted molar refractivity (Wildman–Crippen MR) is 63.5 cm³/mol. The maximum Gasteiger partial charge on any atom is 0.229 e. The first-order valence-electron chi connectivity index (χ1n) is 5.41. The zero-order valence-electron chi connectivity index (χ0n) is 9.53. The van der Waals surface area contributed by atoms with Crippen LogP contribution in [0.4, 0.5) is 5.13 Å². The quantitative estimate of drug-likeness (QED) is 0.863. The summed E-state index contributed by atoms with van der Waals surface area (Å²) >= 11 is 1.44. The number of nitrogens with one attached hydrogen (secondary N) is 1. The van der Waals surface area contributed by atoms with E-state index in [4.69, 9.17) is 4.74 Å². The van der Waals surface area contributed by atoms with E-state index in [1.807, 2.05) is 19.2 Å². The first-order valence-corrected chi connectivity index (χ1v) is 6.29. The van der Waals surface area contributed by atoms with Gasteiger partial charge in [-0.2, -0.15) is 0 Å². The lowest BCUT2D eigenvalue weighted by molar-refractivity contribution is -0.130. The number of carbonyl (C=O) groups is 1. The number of ether oxygens (including phenoxy) is 1. The summed E-state index contributed by atoms with van der Waals surface area (Å²) in [5.74, 6) is 0.0963. The van der Waals surface area contributed by atoms with Gasteiger partial charge in [-0.3, -0.25) is 4.79 Å². The van der Waals surface area contributed by atoms with Crippen LogP contribution >= 0.6 is 11.3 Å². The van der Waals surface area contributed by atoms with Crippen molar-refractivity contribution in [2.24, 2.45) is 5.92 Å². The lowest BCUT2D eigenvalue weighted by atomic mass is 9.88. The molecule has 5 heteroatoms. The van der Waals surface area contributed by atoms with Crippen molar-refractivity contribution in [2.75, 3.05) is 11.9 Å². The highest BCUT2D eigenvalue weighted by molar-refractivity contribution is 7.13. The third-order valence-electron chi connectivity index (χ3n) is 2.73. The minimum Gasteiger partial charge on any atom is -0.376 e. The van der Waals surface area contributed by atoms with Crippen molar-refractivity contribution in [3.05, 3.63) is 11.6 Å². The summed E-state index contributed by atoms with van der Waals surface area (Å²) in [7, 11) is 0. The van der Waals surface area contributed by atoms with Crippen molar-refractivity contribution in [1.29, 1.82) is 0 Å². The topological polar surface area (TPSA) is 51.2 Å². The third-order valence-corrected chi connectivity index (χ3v) is 3.42. The van der Waals surface area contributed by atoms with E-state index in [1.165, 1.54) is 11.3 Å². The number of amides is 1. The summed E-state index contributed by atoms with van der Waals surface area (Å²) < 4.78 is 5.59. The Morgan fingerprint density at radius 1 is 1.69 bits per heavy atom. The summed E-state index contributed by atoms with van der Waals surface area (Å²) in [6, 6.07) is 0. The molecule has 1 aromatic heterocycles. The Kier molecular flexibility index (Phi) is 3.25. The first kappa shape index (κ1) is 11.5. The Hall–Kier alpha value is -0.940. The minimum absolute atomic E-state index is 0.0349. The van der Waals surface area contributed by atoms with E-state index in [9.17, 15) is 4.79 Å². The molecule has 0 spiro atoms. The van der Waals surface area contributed by atoms with Crippen molar-refractivity contribution in [3.8, 4) is 0 Å². The number of carbonyl (C=O) groups excluding carboxylic acids is 1. The van der Waals surface area contributed by atoms with E-state index in [0.717, 1.165) is 12.8 Å². The maximum atomic E-state index is 12.0. The third kappa shape index (κ3) is 2.80. The molecule has 1 amide bonds.